The van der Waals surface area contributed by atoms with Crippen LogP contribution in [0.1, 0.15) is 18.1 Å². The number of allylic oxidation sites excluding steroid dienone is 1. The molecule has 0 unspecified atom stereocenters. The van der Waals surface area contributed by atoms with Crippen LogP contribution >= 0.6 is 0 Å². The van der Waals surface area contributed by atoms with Gasteiger partial charge in [0.15, 0.2) is 0 Å². The van der Waals surface area contributed by atoms with E-state index in [0.29, 0.717) is 0 Å². The predicted octanol–water partition coefficient (Wildman–Crippen LogP) is 3.36. The van der Waals surface area contributed by atoms with Crippen molar-refractivity contribution in [1.82, 2.24) is 0 Å². The van der Waals surface area contributed by atoms with Crippen molar-refractivity contribution < 1.29 is 0 Å². The van der Waals surface area contributed by atoms with Crippen LogP contribution in [0.25, 0.3) is 12.2 Å². The quantitative estimate of drug-likeness (QED) is 0.597. The standard InChI is InChI=1S/C11H12/c1-3-7-11-9-6-5-8-10(11)4-2/h3-9H,2H2,1H3/b7-3-. The lowest BCUT2D eigenvalue weighted by atomic mass is 10.1. The highest BCUT2D eigenvalue weighted by Crippen LogP contribution is 2.11. The van der Waals surface area contributed by atoms with Crippen molar-refractivity contribution in [2.45, 2.75) is 6.92 Å². The zero-order chi connectivity index (χ0) is 8.10. The van der Waals surface area contributed by atoms with E-state index in [-0.39, 0.29) is 0 Å². The van der Waals surface area contributed by atoms with E-state index in [1.165, 1.54) is 11.1 Å². The Hall–Kier alpha value is -1.30. The molecular formula is C11H12. The lowest BCUT2D eigenvalue weighted by Crippen LogP contribution is -1.76. The molecule has 0 aliphatic rings. The molecule has 1 aromatic rings. The van der Waals surface area contributed by atoms with Gasteiger partial charge in [0.2, 0.25) is 0 Å². The van der Waals surface area contributed by atoms with E-state index in [1.807, 2.05) is 31.2 Å². The lowest BCUT2D eigenvalue weighted by molar-refractivity contribution is 1.60. The van der Waals surface area contributed by atoms with Gasteiger partial charge in [-0.2, -0.15) is 0 Å². The summed E-state index contributed by atoms with van der Waals surface area (Å²) in [4.78, 5) is 0. The van der Waals surface area contributed by atoms with E-state index in [4.69, 9.17) is 0 Å². The maximum Gasteiger partial charge on any atom is -0.0188 e. The normalized spacial score (nSPS) is 10.3. The Morgan fingerprint density at radius 2 is 1.82 bits per heavy atom. The maximum absolute atomic E-state index is 3.74. The van der Waals surface area contributed by atoms with Gasteiger partial charge in [0.25, 0.3) is 0 Å². The molecule has 0 aliphatic carbocycles. The van der Waals surface area contributed by atoms with Gasteiger partial charge in [-0.1, -0.05) is 49.1 Å². The molecule has 0 heteroatoms. The average molecular weight is 144 g/mol. The molecule has 1 rings (SSSR count). The number of hydrogen-bond acceptors (Lipinski definition) is 0. The van der Waals surface area contributed by atoms with Crippen LogP contribution in [-0.2, 0) is 0 Å². The van der Waals surface area contributed by atoms with Gasteiger partial charge in [0, 0.05) is 0 Å². The van der Waals surface area contributed by atoms with E-state index in [0.717, 1.165) is 0 Å². The fourth-order valence-electron chi connectivity index (χ4n) is 1.03. The third-order valence-corrected chi connectivity index (χ3v) is 1.56. The molecule has 0 bridgehead atoms. The van der Waals surface area contributed by atoms with E-state index in [2.05, 4.69) is 24.8 Å². The summed E-state index contributed by atoms with van der Waals surface area (Å²) < 4.78 is 0. The molecule has 0 atom stereocenters. The van der Waals surface area contributed by atoms with Crippen molar-refractivity contribution in [2.24, 2.45) is 0 Å². The minimum absolute atomic E-state index is 1.19. The van der Waals surface area contributed by atoms with Crippen molar-refractivity contribution in [3.63, 3.8) is 0 Å². The second-order valence-corrected chi connectivity index (χ2v) is 2.33. The highest BCUT2D eigenvalue weighted by Gasteiger charge is 1.90. The molecule has 0 aromatic heterocycles. The van der Waals surface area contributed by atoms with Crippen molar-refractivity contribution in [2.75, 3.05) is 0 Å². The number of benzene rings is 1. The summed E-state index contributed by atoms with van der Waals surface area (Å²) in [5.41, 5.74) is 2.41. The Bertz CT molecular complexity index is 269. The summed E-state index contributed by atoms with van der Waals surface area (Å²) in [5, 5.41) is 0. The summed E-state index contributed by atoms with van der Waals surface area (Å²) >= 11 is 0. The monoisotopic (exact) mass is 144 g/mol. The van der Waals surface area contributed by atoms with Gasteiger partial charge in [-0.3, -0.25) is 0 Å². The van der Waals surface area contributed by atoms with Crippen LogP contribution in [0, 0.1) is 0 Å². The molecule has 56 valence electrons. The smallest absolute Gasteiger partial charge is 0.0188 e. The van der Waals surface area contributed by atoms with Crippen molar-refractivity contribution in [3.8, 4) is 0 Å². The number of rotatable bonds is 2. The van der Waals surface area contributed by atoms with Gasteiger partial charge in [-0.15, -0.1) is 0 Å². The van der Waals surface area contributed by atoms with Gasteiger partial charge >= 0.3 is 0 Å². The van der Waals surface area contributed by atoms with Gasteiger partial charge in [0.1, 0.15) is 0 Å². The topological polar surface area (TPSA) is 0 Å². The largest absolute Gasteiger partial charge is 0.0984 e. The first-order valence-electron chi connectivity index (χ1n) is 3.72. The van der Waals surface area contributed by atoms with E-state index < -0.39 is 0 Å². The lowest BCUT2D eigenvalue weighted by Gasteiger charge is -1.97. The number of hydrogen-bond donors (Lipinski definition) is 0. The first-order valence-corrected chi connectivity index (χ1v) is 3.72. The molecule has 0 spiro atoms. The molecule has 0 saturated heterocycles. The molecule has 0 saturated carbocycles. The SMILES string of the molecule is C=Cc1ccccc1/C=C\C. The average Bonchev–Trinajstić information content (AvgIpc) is 2.06. The van der Waals surface area contributed by atoms with E-state index in [9.17, 15) is 0 Å². The van der Waals surface area contributed by atoms with Crippen molar-refractivity contribution >= 4 is 12.2 Å². The third-order valence-electron chi connectivity index (χ3n) is 1.56. The Kier molecular flexibility index (Phi) is 2.67. The zero-order valence-electron chi connectivity index (χ0n) is 6.75. The van der Waals surface area contributed by atoms with Crippen molar-refractivity contribution in [3.05, 3.63) is 48.0 Å². The second kappa shape index (κ2) is 3.77. The molecule has 0 heterocycles. The van der Waals surface area contributed by atoms with E-state index in [1.54, 1.807) is 0 Å². The van der Waals surface area contributed by atoms with Crippen LogP contribution in [0.3, 0.4) is 0 Å². The van der Waals surface area contributed by atoms with Crippen LogP contribution in [0.4, 0.5) is 0 Å². The van der Waals surface area contributed by atoms with Crippen LogP contribution in [0.5, 0.6) is 0 Å². The molecule has 11 heavy (non-hydrogen) atoms. The first-order chi connectivity index (χ1) is 5.38. The second-order valence-electron chi connectivity index (χ2n) is 2.33. The minimum atomic E-state index is 1.19. The van der Waals surface area contributed by atoms with Gasteiger partial charge < -0.3 is 0 Å². The summed E-state index contributed by atoms with van der Waals surface area (Å²) in [6, 6.07) is 8.19. The zero-order valence-corrected chi connectivity index (χ0v) is 6.75. The molecular weight excluding hydrogens is 132 g/mol. The molecule has 0 amide bonds. The van der Waals surface area contributed by atoms with Crippen LogP contribution in [0.2, 0.25) is 0 Å². The molecule has 0 aliphatic heterocycles. The predicted molar refractivity (Wildman–Crippen MR) is 51.2 cm³/mol. The summed E-state index contributed by atoms with van der Waals surface area (Å²) in [6.45, 7) is 5.75. The molecule has 0 nitrogen and oxygen atoms in total. The third kappa shape index (κ3) is 1.81. The molecule has 0 radical (unpaired) electrons. The summed E-state index contributed by atoms with van der Waals surface area (Å²) in [7, 11) is 0. The van der Waals surface area contributed by atoms with Crippen LogP contribution in [0.15, 0.2) is 36.9 Å². The van der Waals surface area contributed by atoms with E-state index >= 15 is 0 Å². The maximum atomic E-state index is 3.74. The van der Waals surface area contributed by atoms with Gasteiger partial charge in [-0.05, 0) is 18.1 Å². The molecule has 0 fully saturated rings. The Morgan fingerprint density at radius 3 is 2.36 bits per heavy atom. The molecule has 1 aromatic carbocycles. The minimum Gasteiger partial charge on any atom is -0.0984 e. The van der Waals surface area contributed by atoms with Gasteiger partial charge in [0.05, 0.1) is 0 Å². The van der Waals surface area contributed by atoms with Gasteiger partial charge in [-0.25, -0.2) is 0 Å². The van der Waals surface area contributed by atoms with Crippen LogP contribution < -0.4 is 0 Å². The molecule has 0 N–H and O–H groups in total. The Morgan fingerprint density at radius 1 is 1.18 bits per heavy atom. The van der Waals surface area contributed by atoms with Crippen molar-refractivity contribution in [1.29, 1.82) is 0 Å². The fraction of sp³-hybridized carbons (Fsp3) is 0.0909. The Labute approximate surface area is 67.9 Å². The Balaban J connectivity index is 3.11. The summed E-state index contributed by atoms with van der Waals surface area (Å²) in [6.07, 6.45) is 5.98. The van der Waals surface area contributed by atoms with Crippen LogP contribution in [-0.4, -0.2) is 0 Å². The highest BCUT2D eigenvalue weighted by molar-refractivity contribution is 5.63. The fourth-order valence-corrected chi connectivity index (χ4v) is 1.03. The summed E-state index contributed by atoms with van der Waals surface area (Å²) in [5.74, 6) is 0. The first kappa shape index (κ1) is 7.80. The highest BCUT2D eigenvalue weighted by atomic mass is 13.9.